The Bertz CT molecular complexity index is 1170. The van der Waals surface area contributed by atoms with Crippen LogP contribution in [0.5, 0.6) is 5.75 Å². The molecule has 0 aliphatic rings. The molecule has 0 unspecified atom stereocenters. The zero-order chi connectivity index (χ0) is 20.2. The first-order chi connectivity index (χ1) is 14.1. The highest BCUT2D eigenvalue weighted by molar-refractivity contribution is 6.06. The number of nitro groups is 1. The molecule has 0 spiro atoms. The monoisotopic (exact) mass is 388 g/mol. The fraction of sp³-hybridized carbons (Fsp3) is 0.0455. The maximum absolute atomic E-state index is 12.8. The van der Waals surface area contributed by atoms with Gasteiger partial charge in [0, 0.05) is 28.8 Å². The summed E-state index contributed by atoms with van der Waals surface area (Å²) in [6.07, 6.45) is 0. The van der Waals surface area contributed by atoms with Gasteiger partial charge in [-0.1, -0.05) is 36.4 Å². The fourth-order valence-electron chi connectivity index (χ4n) is 2.95. The molecule has 1 N–H and O–H groups in total. The van der Waals surface area contributed by atoms with Crippen molar-refractivity contribution < 1.29 is 18.9 Å². The second-order valence-electron chi connectivity index (χ2n) is 6.27. The fourth-order valence-corrected chi connectivity index (χ4v) is 2.95. The van der Waals surface area contributed by atoms with Crippen LogP contribution >= 0.6 is 0 Å². The molecule has 0 saturated carbocycles. The normalized spacial score (nSPS) is 10.6. The molecule has 4 rings (SSSR count). The van der Waals surface area contributed by atoms with Gasteiger partial charge in [0.2, 0.25) is 0 Å². The molecule has 0 bridgehead atoms. The first kappa shape index (κ1) is 18.2. The van der Waals surface area contributed by atoms with Crippen LogP contribution in [0.2, 0.25) is 0 Å². The van der Waals surface area contributed by atoms with Gasteiger partial charge in [-0.3, -0.25) is 14.9 Å². The maximum Gasteiger partial charge on any atom is 0.291 e. The molecular weight excluding hydrogens is 372 g/mol. The quantitative estimate of drug-likeness (QED) is 0.363. The van der Waals surface area contributed by atoms with Crippen LogP contribution in [0.15, 0.2) is 83.3 Å². The average molecular weight is 388 g/mol. The summed E-state index contributed by atoms with van der Waals surface area (Å²) in [6, 6.07) is 22.2. The number of para-hydroxylation sites is 2. The van der Waals surface area contributed by atoms with Gasteiger partial charge >= 0.3 is 0 Å². The molecule has 0 radical (unpaired) electrons. The Hall–Kier alpha value is -4.13. The van der Waals surface area contributed by atoms with E-state index in [9.17, 15) is 14.9 Å². The van der Waals surface area contributed by atoms with Crippen LogP contribution in [0.4, 0.5) is 11.4 Å². The second kappa shape index (κ2) is 7.85. The van der Waals surface area contributed by atoms with Crippen molar-refractivity contribution in [2.75, 3.05) is 5.32 Å². The number of carbonyl (C=O) groups is 1. The third-order valence-electron chi connectivity index (χ3n) is 4.37. The summed E-state index contributed by atoms with van der Waals surface area (Å²) in [4.78, 5) is 23.1. The van der Waals surface area contributed by atoms with Crippen LogP contribution in [-0.2, 0) is 6.61 Å². The van der Waals surface area contributed by atoms with Crippen molar-refractivity contribution in [3.8, 4) is 5.75 Å². The average Bonchev–Trinajstić information content (AvgIpc) is 3.12. The van der Waals surface area contributed by atoms with Crippen LogP contribution in [0.3, 0.4) is 0 Å². The van der Waals surface area contributed by atoms with Crippen LogP contribution in [0.1, 0.15) is 16.1 Å². The Kier molecular flexibility index (Phi) is 4.94. The number of ether oxygens (including phenoxy) is 1. The zero-order valence-electron chi connectivity index (χ0n) is 15.2. The van der Waals surface area contributed by atoms with Crippen molar-refractivity contribution in [1.29, 1.82) is 0 Å². The van der Waals surface area contributed by atoms with Crippen molar-refractivity contribution >= 4 is 28.3 Å². The molecule has 1 heterocycles. The number of fused-ring (bicyclic) bond motifs is 1. The Balaban J connectivity index is 1.61. The molecule has 0 aliphatic carbocycles. The number of nitrogens with zero attached hydrogens (tertiary/aromatic N) is 1. The van der Waals surface area contributed by atoms with Gasteiger partial charge in [-0.05, 0) is 30.3 Å². The van der Waals surface area contributed by atoms with Crippen molar-refractivity contribution in [2.24, 2.45) is 0 Å². The highest BCUT2D eigenvalue weighted by Gasteiger charge is 2.21. The van der Waals surface area contributed by atoms with Gasteiger partial charge < -0.3 is 14.5 Å². The molecule has 7 nitrogen and oxygen atoms in total. The number of benzene rings is 3. The second-order valence-corrected chi connectivity index (χ2v) is 6.27. The summed E-state index contributed by atoms with van der Waals surface area (Å²) < 4.78 is 11.6. The lowest BCUT2D eigenvalue weighted by Crippen LogP contribution is -2.13. The molecule has 0 atom stereocenters. The largest absolute Gasteiger partial charge is 0.489 e. The summed E-state index contributed by atoms with van der Waals surface area (Å²) in [5, 5.41) is 14.3. The first-order valence-electron chi connectivity index (χ1n) is 8.86. The summed E-state index contributed by atoms with van der Waals surface area (Å²) in [7, 11) is 0. The number of hydrogen-bond acceptors (Lipinski definition) is 5. The highest BCUT2D eigenvalue weighted by atomic mass is 16.6. The van der Waals surface area contributed by atoms with Gasteiger partial charge in [-0.15, -0.1) is 0 Å². The molecular formula is C22H16N2O5. The van der Waals surface area contributed by atoms with Crippen LogP contribution in [0.25, 0.3) is 11.0 Å². The molecule has 0 saturated heterocycles. The lowest BCUT2D eigenvalue weighted by atomic mass is 10.1. The summed E-state index contributed by atoms with van der Waals surface area (Å²) in [5.74, 6) is 0.363. The highest BCUT2D eigenvalue weighted by Crippen LogP contribution is 2.28. The Morgan fingerprint density at radius 1 is 0.966 bits per heavy atom. The number of amides is 1. The minimum atomic E-state index is -0.496. The van der Waals surface area contributed by atoms with E-state index in [1.54, 1.807) is 6.07 Å². The molecule has 0 fully saturated rings. The van der Waals surface area contributed by atoms with Crippen molar-refractivity contribution in [3.63, 3.8) is 0 Å². The van der Waals surface area contributed by atoms with Crippen LogP contribution in [-0.4, -0.2) is 10.8 Å². The predicted molar refractivity (Wildman–Crippen MR) is 108 cm³/mol. The number of anilines is 1. The molecule has 144 valence electrons. The Morgan fingerprint density at radius 2 is 1.66 bits per heavy atom. The van der Waals surface area contributed by atoms with E-state index in [4.69, 9.17) is 9.15 Å². The van der Waals surface area contributed by atoms with Gasteiger partial charge in [0.25, 0.3) is 11.6 Å². The van der Waals surface area contributed by atoms with Crippen molar-refractivity contribution in [2.45, 2.75) is 6.61 Å². The summed E-state index contributed by atoms with van der Waals surface area (Å²) in [5.41, 5.74) is 1.58. The first-order valence-corrected chi connectivity index (χ1v) is 8.86. The number of non-ortho nitro benzene ring substituents is 1. The number of carbonyl (C=O) groups excluding carboxylic acids is 1. The van der Waals surface area contributed by atoms with E-state index in [0.29, 0.717) is 22.6 Å². The number of nitro benzene ring substituents is 1. The molecule has 1 amide bonds. The Morgan fingerprint density at radius 3 is 2.38 bits per heavy atom. The third-order valence-corrected chi connectivity index (χ3v) is 4.37. The molecule has 29 heavy (non-hydrogen) atoms. The van der Waals surface area contributed by atoms with Crippen LogP contribution in [0, 0.1) is 10.1 Å². The van der Waals surface area contributed by atoms with E-state index in [1.807, 2.05) is 48.5 Å². The lowest BCUT2D eigenvalue weighted by Gasteiger charge is -2.08. The topological polar surface area (TPSA) is 94.6 Å². The summed E-state index contributed by atoms with van der Waals surface area (Å²) in [6.45, 7) is 0.157. The third kappa shape index (κ3) is 3.93. The minimum absolute atomic E-state index is 0.0521. The van der Waals surface area contributed by atoms with E-state index in [2.05, 4.69) is 5.32 Å². The van der Waals surface area contributed by atoms with Gasteiger partial charge in [0.1, 0.15) is 17.9 Å². The standard InChI is InChI=1S/C22H16N2O5/c25-22(23-15-10-12-16(13-11-15)24(26)27)21-19(14-28-17-6-2-1-3-7-17)18-8-4-5-9-20(18)29-21/h1-13H,14H2,(H,23,25). The smallest absolute Gasteiger partial charge is 0.291 e. The molecule has 4 aromatic rings. The Labute approximate surface area is 165 Å². The molecule has 7 heteroatoms. The lowest BCUT2D eigenvalue weighted by molar-refractivity contribution is -0.384. The predicted octanol–water partition coefficient (Wildman–Crippen LogP) is 5.17. The van der Waals surface area contributed by atoms with Gasteiger partial charge in [0.05, 0.1) is 4.92 Å². The van der Waals surface area contributed by atoms with E-state index < -0.39 is 10.8 Å². The minimum Gasteiger partial charge on any atom is -0.489 e. The zero-order valence-corrected chi connectivity index (χ0v) is 15.2. The van der Waals surface area contributed by atoms with Crippen molar-refractivity contribution in [1.82, 2.24) is 0 Å². The van der Waals surface area contributed by atoms with Crippen molar-refractivity contribution in [3.05, 3.63) is 100 Å². The van der Waals surface area contributed by atoms with Gasteiger partial charge in [-0.25, -0.2) is 0 Å². The molecule has 0 aliphatic heterocycles. The number of rotatable bonds is 6. The van der Waals surface area contributed by atoms with E-state index in [-0.39, 0.29) is 18.1 Å². The summed E-state index contributed by atoms with van der Waals surface area (Å²) >= 11 is 0. The van der Waals surface area contributed by atoms with Gasteiger partial charge in [-0.2, -0.15) is 0 Å². The molecule has 1 aromatic heterocycles. The van der Waals surface area contributed by atoms with E-state index >= 15 is 0 Å². The number of nitrogens with one attached hydrogen (secondary N) is 1. The maximum atomic E-state index is 12.8. The SMILES string of the molecule is O=C(Nc1ccc([N+](=O)[O-])cc1)c1oc2ccccc2c1COc1ccccc1. The number of furan rings is 1. The van der Waals surface area contributed by atoms with E-state index in [1.165, 1.54) is 24.3 Å². The molecule has 3 aromatic carbocycles. The van der Waals surface area contributed by atoms with Gasteiger partial charge in [0.15, 0.2) is 5.76 Å². The number of hydrogen-bond donors (Lipinski definition) is 1. The van der Waals surface area contributed by atoms with Crippen LogP contribution < -0.4 is 10.1 Å². The van der Waals surface area contributed by atoms with E-state index in [0.717, 1.165) is 5.39 Å².